The minimum Gasteiger partial charge on any atom is -0.493 e. The number of hydrogen-bond acceptors (Lipinski definition) is 12. The highest BCUT2D eigenvalue weighted by atomic mass is 19.3. The number of methoxy groups -OCH3 is 1. The van der Waals surface area contributed by atoms with Crippen LogP contribution in [0.5, 0.6) is 11.5 Å². The van der Waals surface area contributed by atoms with Crippen LogP contribution in [0.25, 0.3) is 11.3 Å². The van der Waals surface area contributed by atoms with Crippen molar-refractivity contribution in [3.05, 3.63) is 48.3 Å². The summed E-state index contributed by atoms with van der Waals surface area (Å²) in [5, 5.41) is 13.0. The molecule has 0 bridgehead atoms. The summed E-state index contributed by atoms with van der Waals surface area (Å²) < 4.78 is 52.2. The Morgan fingerprint density at radius 2 is 1.86 bits per heavy atom. The van der Waals surface area contributed by atoms with Crippen molar-refractivity contribution in [3.8, 4) is 28.8 Å². The molecule has 0 aliphatic carbocycles. The fourth-order valence-corrected chi connectivity index (χ4v) is 5.91. The number of carbonyl (C=O) groups excluding carboxylic acids is 1. The molecule has 3 aromatic rings. The molecule has 1 N–H and O–H groups in total. The second-order valence-electron chi connectivity index (χ2n) is 13.2. The third-order valence-electron chi connectivity index (χ3n) is 8.57. The molecule has 13 nitrogen and oxygen atoms in total. The molecule has 260 valence electrons. The normalized spacial score (nSPS) is 19.8. The fourth-order valence-electron chi connectivity index (χ4n) is 5.91. The number of hydrogen-bond donors (Lipinski definition) is 1. The highest BCUT2D eigenvalue weighted by molar-refractivity contribution is 5.69. The first-order valence-corrected chi connectivity index (χ1v) is 16.2. The van der Waals surface area contributed by atoms with E-state index in [-0.39, 0.29) is 24.3 Å². The van der Waals surface area contributed by atoms with Gasteiger partial charge in [-0.1, -0.05) is 0 Å². The SMILES string of the molecule is COc1cc(Nc2nccc(-c3ccc(OC4CCN(C(=O)OC(C)(C)C)CC4(F)F)c(C#N)c3)n2)cnc1N1CCN(C2COC2)CC1. The number of carbonyl (C=O) groups is 1. The second-order valence-corrected chi connectivity index (χ2v) is 13.2. The van der Waals surface area contributed by atoms with Gasteiger partial charge in [0.15, 0.2) is 17.7 Å². The van der Waals surface area contributed by atoms with Gasteiger partial charge >= 0.3 is 12.0 Å². The summed E-state index contributed by atoms with van der Waals surface area (Å²) in [7, 11) is 1.61. The molecule has 3 saturated heterocycles. The van der Waals surface area contributed by atoms with E-state index >= 15 is 8.78 Å². The molecule has 3 fully saturated rings. The lowest BCUT2D eigenvalue weighted by Crippen LogP contribution is -2.56. The van der Waals surface area contributed by atoms with Gasteiger partial charge in [0.1, 0.15) is 17.4 Å². The predicted molar refractivity (Wildman–Crippen MR) is 176 cm³/mol. The van der Waals surface area contributed by atoms with Crippen molar-refractivity contribution >= 4 is 23.5 Å². The van der Waals surface area contributed by atoms with E-state index in [0.717, 1.165) is 50.1 Å². The topological polar surface area (TPSA) is 138 Å². The second kappa shape index (κ2) is 14.0. The Morgan fingerprint density at radius 3 is 2.51 bits per heavy atom. The summed E-state index contributed by atoms with van der Waals surface area (Å²) in [4.78, 5) is 31.6. The first kappa shape index (κ1) is 34.1. The van der Waals surface area contributed by atoms with Crippen LogP contribution in [0.2, 0.25) is 0 Å². The minimum atomic E-state index is -3.36. The third-order valence-corrected chi connectivity index (χ3v) is 8.57. The summed E-state index contributed by atoms with van der Waals surface area (Å²) >= 11 is 0. The van der Waals surface area contributed by atoms with Crippen molar-refractivity contribution < 1.29 is 32.5 Å². The smallest absolute Gasteiger partial charge is 0.410 e. The van der Waals surface area contributed by atoms with E-state index in [1.807, 2.05) is 12.1 Å². The van der Waals surface area contributed by atoms with Gasteiger partial charge in [-0.3, -0.25) is 4.90 Å². The molecule has 3 aliphatic rings. The molecule has 49 heavy (non-hydrogen) atoms. The number of benzene rings is 1. The summed E-state index contributed by atoms with van der Waals surface area (Å²) in [5.41, 5.74) is 0.967. The van der Waals surface area contributed by atoms with Crippen LogP contribution in [0.1, 0.15) is 32.8 Å². The Bertz CT molecular complexity index is 1700. The molecule has 0 saturated carbocycles. The molecule has 0 radical (unpaired) electrons. The van der Waals surface area contributed by atoms with Crippen LogP contribution in [-0.4, -0.2) is 114 Å². The molecule has 0 spiro atoms. The van der Waals surface area contributed by atoms with E-state index in [9.17, 15) is 10.1 Å². The molecule has 1 atom stereocenters. The van der Waals surface area contributed by atoms with Crippen molar-refractivity contribution in [1.82, 2.24) is 24.8 Å². The number of nitrogens with one attached hydrogen (secondary N) is 1. The van der Waals surface area contributed by atoms with E-state index in [1.54, 1.807) is 52.4 Å². The molecule has 15 heteroatoms. The van der Waals surface area contributed by atoms with Crippen LogP contribution in [0.4, 0.5) is 31.0 Å². The molecule has 5 heterocycles. The number of alkyl halides is 2. The molecular weight excluding hydrogens is 638 g/mol. The highest BCUT2D eigenvalue weighted by Gasteiger charge is 2.48. The lowest BCUT2D eigenvalue weighted by molar-refractivity contribution is -0.137. The van der Waals surface area contributed by atoms with E-state index in [1.165, 1.54) is 12.1 Å². The molecule has 3 aliphatic heterocycles. The van der Waals surface area contributed by atoms with E-state index in [0.29, 0.717) is 34.7 Å². The lowest BCUT2D eigenvalue weighted by Gasteiger charge is -2.43. The van der Waals surface area contributed by atoms with Crippen LogP contribution in [0.15, 0.2) is 42.7 Å². The fraction of sp³-hybridized carbons (Fsp3) is 0.500. The van der Waals surface area contributed by atoms with Gasteiger partial charge in [-0.25, -0.2) is 28.5 Å². The summed E-state index contributed by atoms with van der Waals surface area (Å²) in [6.07, 6.45) is 0.818. The number of piperazine rings is 1. The Labute approximate surface area is 283 Å². The number of amides is 1. The number of anilines is 3. The Kier molecular flexibility index (Phi) is 9.71. The number of halogens is 2. The first-order chi connectivity index (χ1) is 23.4. The highest BCUT2D eigenvalue weighted by Crippen LogP contribution is 2.35. The Balaban J connectivity index is 1.11. The molecule has 2 aromatic heterocycles. The van der Waals surface area contributed by atoms with Gasteiger partial charge in [0.25, 0.3) is 0 Å². The van der Waals surface area contributed by atoms with Gasteiger partial charge in [-0.05, 0) is 45.0 Å². The number of pyridine rings is 1. The summed E-state index contributed by atoms with van der Waals surface area (Å²) in [6, 6.07) is 10.7. The number of nitriles is 1. The zero-order valence-corrected chi connectivity index (χ0v) is 28.0. The zero-order chi connectivity index (χ0) is 34.8. The standard InChI is InChI=1S/C34H40F2N8O5/c1-33(2,3)49-32(45)44-10-8-29(34(35,36)21-44)48-27-6-5-22(15-23(27)17-37)26-7-9-38-31(41-26)40-24-16-28(46-4)30(39-18-24)43-13-11-42(12-14-43)25-19-47-20-25/h5-7,9,15-16,18,25,29H,8,10-14,19-21H2,1-4H3,(H,38,40,41). The van der Waals surface area contributed by atoms with Gasteiger partial charge in [0, 0.05) is 57.0 Å². The van der Waals surface area contributed by atoms with Crippen molar-refractivity contribution in [2.75, 3.05) is 69.8 Å². The molecule has 6 rings (SSSR count). The van der Waals surface area contributed by atoms with Gasteiger partial charge in [0.2, 0.25) is 5.95 Å². The molecule has 1 unspecified atom stereocenters. The number of aromatic nitrogens is 3. The van der Waals surface area contributed by atoms with Gasteiger partial charge in [0.05, 0.1) is 56.1 Å². The maximum Gasteiger partial charge on any atom is 0.410 e. The summed E-state index contributed by atoms with van der Waals surface area (Å²) in [6.45, 7) is 9.34. The maximum absolute atomic E-state index is 15.1. The average Bonchev–Trinajstić information content (AvgIpc) is 3.04. The summed E-state index contributed by atoms with van der Waals surface area (Å²) in [5.74, 6) is -1.66. The number of likely N-dealkylation sites (tertiary alicyclic amines) is 1. The van der Waals surface area contributed by atoms with Crippen molar-refractivity contribution in [3.63, 3.8) is 0 Å². The Morgan fingerprint density at radius 1 is 1.08 bits per heavy atom. The van der Waals surface area contributed by atoms with E-state index in [4.69, 9.17) is 18.9 Å². The maximum atomic E-state index is 15.1. The zero-order valence-electron chi connectivity index (χ0n) is 28.0. The van der Waals surface area contributed by atoms with Crippen LogP contribution in [0, 0.1) is 11.3 Å². The van der Waals surface area contributed by atoms with Crippen LogP contribution < -0.4 is 19.7 Å². The predicted octanol–water partition coefficient (Wildman–Crippen LogP) is 4.71. The number of nitrogens with zero attached hydrogens (tertiary/aromatic N) is 7. The van der Waals surface area contributed by atoms with Crippen molar-refractivity contribution in [1.29, 1.82) is 5.26 Å². The molecule has 1 aromatic carbocycles. The quantitative estimate of drug-likeness (QED) is 0.353. The molecule has 1 amide bonds. The number of piperidine rings is 1. The van der Waals surface area contributed by atoms with Crippen molar-refractivity contribution in [2.45, 2.75) is 50.9 Å². The van der Waals surface area contributed by atoms with Gasteiger partial charge in [-0.15, -0.1) is 0 Å². The Hall–Kier alpha value is -4.81. The van der Waals surface area contributed by atoms with E-state index < -0.39 is 30.3 Å². The number of rotatable bonds is 8. The largest absolute Gasteiger partial charge is 0.493 e. The van der Waals surface area contributed by atoms with E-state index in [2.05, 4.69) is 30.1 Å². The monoisotopic (exact) mass is 678 g/mol. The first-order valence-electron chi connectivity index (χ1n) is 16.2. The average molecular weight is 679 g/mol. The lowest BCUT2D eigenvalue weighted by atomic mass is 10.0. The minimum absolute atomic E-state index is 0.0192. The van der Waals surface area contributed by atoms with Crippen LogP contribution in [0.3, 0.4) is 0 Å². The molecular formula is C34H40F2N8O5. The van der Waals surface area contributed by atoms with Crippen molar-refractivity contribution in [2.24, 2.45) is 0 Å². The van der Waals surface area contributed by atoms with Gasteiger partial charge < -0.3 is 34.1 Å². The third kappa shape index (κ3) is 7.92. The van der Waals surface area contributed by atoms with Crippen LogP contribution >= 0.6 is 0 Å². The van der Waals surface area contributed by atoms with Crippen LogP contribution in [-0.2, 0) is 9.47 Å². The van der Waals surface area contributed by atoms with Gasteiger partial charge in [-0.2, -0.15) is 5.26 Å². The number of ether oxygens (including phenoxy) is 4.